The highest BCUT2D eigenvalue weighted by Crippen LogP contribution is 2.52. The second-order valence-corrected chi connectivity index (χ2v) is 3.53. The molecule has 0 radical (unpaired) electrons. The van der Waals surface area contributed by atoms with Crippen molar-refractivity contribution in [1.82, 2.24) is 0 Å². The zero-order chi connectivity index (χ0) is 9.41. The number of hydrogen-bond acceptors (Lipinski definition) is 2. The van der Waals surface area contributed by atoms with E-state index in [1.165, 1.54) is 6.92 Å². The minimum atomic E-state index is -2.69. The van der Waals surface area contributed by atoms with E-state index in [0.29, 0.717) is 0 Å². The number of hydrogen-bond donors (Lipinski definition) is 0. The minimum Gasteiger partial charge on any atom is -0.298 e. The second-order valence-electron chi connectivity index (χ2n) is 3.53. The van der Waals surface area contributed by atoms with Crippen LogP contribution < -0.4 is 0 Å². The molecular formula is C8H9F2NO. The molecule has 0 spiro atoms. The standard InChI is InChI=1S/C8H9F2NO/c1-7(6(12)2-3-11)4-8(9,10)5-7/h2,4-5H2,1H3. The average molecular weight is 173 g/mol. The molecule has 12 heavy (non-hydrogen) atoms. The molecular weight excluding hydrogens is 164 g/mol. The third kappa shape index (κ3) is 1.45. The van der Waals surface area contributed by atoms with Gasteiger partial charge in [0.25, 0.3) is 0 Å². The molecule has 1 aliphatic carbocycles. The van der Waals surface area contributed by atoms with Crippen LogP contribution in [0.3, 0.4) is 0 Å². The molecule has 0 N–H and O–H groups in total. The summed E-state index contributed by atoms with van der Waals surface area (Å²) >= 11 is 0. The summed E-state index contributed by atoms with van der Waals surface area (Å²) in [6.07, 6.45) is -1.06. The number of nitrogens with zero attached hydrogens (tertiary/aromatic N) is 1. The Bertz CT molecular complexity index is 246. The normalized spacial score (nSPS) is 23.8. The average Bonchev–Trinajstić information content (AvgIpc) is 1.83. The summed E-state index contributed by atoms with van der Waals surface area (Å²) in [5, 5.41) is 8.19. The van der Waals surface area contributed by atoms with E-state index in [9.17, 15) is 13.6 Å². The van der Waals surface area contributed by atoms with Crippen molar-refractivity contribution in [3.63, 3.8) is 0 Å². The van der Waals surface area contributed by atoms with Gasteiger partial charge in [-0.25, -0.2) is 8.78 Å². The van der Waals surface area contributed by atoms with Gasteiger partial charge in [-0.3, -0.25) is 4.79 Å². The largest absolute Gasteiger partial charge is 0.298 e. The van der Waals surface area contributed by atoms with Gasteiger partial charge in [-0.2, -0.15) is 5.26 Å². The summed E-state index contributed by atoms with van der Waals surface area (Å²) in [5.74, 6) is -3.06. The molecule has 0 aromatic carbocycles. The van der Waals surface area contributed by atoms with Gasteiger partial charge in [-0.1, -0.05) is 6.92 Å². The lowest BCUT2D eigenvalue weighted by molar-refractivity contribution is -0.171. The Morgan fingerprint density at radius 2 is 2.08 bits per heavy atom. The fourth-order valence-corrected chi connectivity index (χ4v) is 1.57. The molecule has 1 rings (SSSR count). The first-order chi connectivity index (χ1) is 5.40. The van der Waals surface area contributed by atoms with Crippen LogP contribution in [0, 0.1) is 16.7 Å². The van der Waals surface area contributed by atoms with Gasteiger partial charge in [0.2, 0.25) is 5.92 Å². The predicted molar refractivity (Wildman–Crippen MR) is 37.5 cm³/mol. The summed E-state index contributed by atoms with van der Waals surface area (Å²) in [5.41, 5.74) is -0.945. The number of rotatable bonds is 2. The summed E-state index contributed by atoms with van der Waals surface area (Å²) in [4.78, 5) is 11.1. The van der Waals surface area contributed by atoms with Crippen molar-refractivity contribution in [2.75, 3.05) is 0 Å². The number of carbonyl (C=O) groups is 1. The number of nitriles is 1. The van der Waals surface area contributed by atoms with Gasteiger partial charge in [-0.15, -0.1) is 0 Å². The molecule has 0 saturated heterocycles. The molecule has 0 amide bonds. The van der Waals surface area contributed by atoms with Gasteiger partial charge >= 0.3 is 0 Å². The number of halogens is 2. The first kappa shape index (κ1) is 9.11. The fraction of sp³-hybridized carbons (Fsp3) is 0.750. The molecule has 0 aliphatic heterocycles. The second kappa shape index (κ2) is 2.51. The van der Waals surface area contributed by atoms with Crippen LogP contribution in [-0.4, -0.2) is 11.7 Å². The summed E-state index contributed by atoms with van der Waals surface area (Å²) in [7, 11) is 0. The van der Waals surface area contributed by atoms with E-state index in [2.05, 4.69) is 0 Å². The van der Waals surface area contributed by atoms with Crippen molar-refractivity contribution in [2.45, 2.75) is 32.1 Å². The zero-order valence-electron chi connectivity index (χ0n) is 6.73. The number of ketones is 1. The molecule has 0 heterocycles. The van der Waals surface area contributed by atoms with Crippen molar-refractivity contribution >= 4 is 5.78 Å². The van der Waals surface area contributed by atoms with Crippen molar-refractivity contribution in [2.24, 2.45) is 5.41 Å². The van der Waals surface area contributed by atoms with Crippen molar-refractivity contribution < 1.29 is 13.6 Å². The molecule has 66 valence electrons. The van der Waals surface area contributed by atoms with Crippen molar-refractivity contribution in [3.05, 3.63) is 0 Å². The maximum absolute atomic E-state index is 12.4. The number of carbonyl (C=O) groups excluding carboxylic acids is 1. The predicted octanol–water partition coefficient (Wildman–Crippen LogP) is 1.90. The van der Waals surface area contributed by atoms with Crippen LogP contribution in [0.2, 0.25) is 0 Å². The molecule has 2 nitrogen and oxygen atoms in total. The molecule has 0 unspecified atom stereocenters. The molecule has 0 aromatic heterocycles. The quantitative estimate of drug-likeness (QED) is 0.639. The summed E-state index contributed by atoms with van der Waals surface area (Å²) in [6, 6.07) is 1.67. The van der Waals surface area contributed by atoms with Gasteiger partial charge in [0.15, 0.2) is 5.78 Å². The van der Waals surface area contributed by atoms with Crippen LogP contribution in [0.4, 0.5) is 8.78 Å². The lowest BCUT2D eigenvalue weighted by Crippen LogP contribution is -2.48. The number of Topliss-reactive ketones (excluding diaryl/α,β-unsaturated/α-hetero) is 1. The molecule has 4 heteroatoms. The lowest BCUT2D eigenvalue weighted by atomic mass is 9.64. The van der Waals surface area contributed by atoms with Crippen LogP contribution in [0.5, 0.6) is 0 Å². The van der Waals surface area contributed by atoms with E-state index in [4.69, 9.17) is 5.26 Å². The fourth-order valence-electron chi connectivity index (χ4n) is 1.57. The Balaban J connectivity index is 2.56. The topological polar surface area (TPSA) is 40.9 Å². The molecule has 1 saturated carbocycles. The van der Waals surface area contributed by atoms with Gasteiger partial charge in [0.05, 0.1) is 12.5 Å². The van der Waals surface area contributed by atoms with Gasteiger partial charge in [-0.05, 0) is 0 Å². The Morgan fingerprint density at radius 1 is 1.58 bits per heavy atom. The van der Waals surface area contributed by atoms with Crippen LogP contribution in [0.15, 0.2) is 0 Å². The maximum Gasteiger partial charge on any atom is 0.250 e. The Labute approximate surface area is 69.2 Å². The number of alkyl halides is 2. The maximum atomic E-state index is 12.4. The van der Waals surface area contributed by atoms with Crippen LogP contribution in [0.25, 0.3) is 0 Å². The summed E-state index contributed by atoms with van der Waals surface area (Å²) < 4.78 is 24.8. The van der Waals surface area contributed by atoms with E-state index < -0.39 is 24.2 Å². The smallest absolute Gasteiger partial charge is 0.250 e. The van der Waals surface area contributed by atoms with Gasteiger partial charge < -0.3 is 0 Å². The third-order valence-electron chi connectivity index (χ3n) is 2.21. The Morgan fingerprint density at radius 3 is 2.42 bits per heavy atom. The van der Waals surface area contributed by atoms with E-state index in [-0.39, 0.29) is 12.2 Å². The minimum absolute atomic E-state index is 0.257. The first-order valence-corrected chi connectivity index (χ1v) is 3.68. The summed E-state index contributed by atoms with van der Waals surface area (Å²) in [6.45, 7) is 1.49. The van der Waals surface area contributed by atoms with E-state index in [1.54, 1.807) is 6.07 Å². The third-order valence-corrected chi connectivity index (χ3v) is 2.21. The molecule has 1 aliphatic rings. The highest BCUT2D eigenvalue weighted by Gasteiger charge is 2.57. The monoisotopic (exact) mass is 173 g/mol. The van der Waals surface area contributed by atoms with Crippen LogP contribution in [0.1, 0.15) is 26.2 Å². The highest BCUT2D eigenvalue weighted by molar-refractivity contribution is 5.87. The molecule has 0 atom stereocenters. The van der Waals surface area contributed by atoms with E-state index in [0.717, 1.165) is 0 Å². The first-order valence-electron chi connectivity index (χ1n) is 3.68. The van der Waals surface area contributed by atoms with Gasteiger partial charge in [0, 0.05) is 18.3 Å². The Kier molecular flexibility index (Phi) is 1.91. The zero-order valence-corrected chi connectivity index (χ0v) is 6.73. The SMILES string of the molecule is CC1(C(=O)CC#N)CC(F)(F)C1. The van der Waals surface area contributed by atoms with E-state index >= 15 is 0 Å². The van der Waals surface area contributed by atoms with Crippen LogP contribution >= 0.6 is 0 Å². The molecule has 0 aromatic rings. The molecule has 1 fully saturated rings. The van der Waals surface area contributed by atoms with Crippen molar-refractivity contribution in [1.29, 1.82) is 5.26 Å². The lowest BCUT2D eigenvalue weighted by Gasteiger charge is -2.43. The highest BCUT2D eigenvalue weighted by atomic mass is 19.3. The van der Waals surface area contributed by atoms with Crippen LogP contribution in [-0.2, 0) is 4.79 Å². The molecule has 0 bridgehead atoms. The van der Waals surface area contributed by atoms with Crippen molar-refractivity contribution in [3.8, 4) is 6.07 Å². The van der Waals surface area contributed by atoms with E-state index in [1.807, 2.05) is 0 Å². The van der Waals surface area contributed by atoms with Gasteiger partial charge in [0.1, 0.15) is 0 Å². The Hall–Kier alpha value is -0.980.